The lowest BCUT2D eigenvalue weighted by molar-refractivity contribution is -0.385. The Labute approximate surface area is 101 Å². The number of anilines is 1. The number of nitro groups is 1. The van der Waals surface area contributed by atoms with Crippen molar-refractivity contribution in [2.24, 2.45) is 0 Å². The van der Waals surface area contributed by atoms with Gasteiger partial charge in [-0.3, -0.25) is 10.1 Å². The molecule has 5 nitrogen and oxygen atoms in total. The average Bonchev–Trinajstić information content (AvgIpc) is 2.35. The highest BCUT2D eigenvalue weighted by Gasteiger charge is 2.16. The van der Waals surface area contributed by atoms with Crippen molar-refractivity contribution < 1.29 is 10.0 Å². The molecule has 0 aliphatic heterocycles. The van der Waals surface area contributed by atoms with Gasteiger partial charge in [0.25, 0.3) is 5.69 Å². The first kappa shape index (κ1) is 13.4. The van der Waals surface area contributed by atoms with Gasteiger partial charge in [-0.25, -0.2) is 0 Å². The van der Waals surface area contributed by atoms with Crippen LogP contribution in [0.4, 0.5) is 11.4 Å². The van der Waals surface area contributed by atoms with E-state index >= 15 is 0 Å². The quantitative estimate of drug-likeness (QED) is 0.631. The molecule has 1 atom stereocenters. The zero-order chi connectivity index (χ0) is 13.0. The molecule has 1 aromatic carbocycles. The number of benzene rings is 1. The Hall–Kier alpha value is -1.62. The number of rotatable bonds is 5. The van der Waals surface area contributed by atoms with E-state index in [2.05, 4.69) is 13.8 Å². The van der Waals surface area contributed by atoms with Crippen molar-refractivity contribution in [2.75, 3.05) is 11.9 Å². The summed E-state index contributed by atoms with van der Waals surface area (Å²) in [5.74, 6) is 0. The lowest BCUT2D eigenvalue weighted by Gasteiger charge is -2.26. The summed E-state index contributed by atoms with van der Waals surface area (Å²) in [6.45, 7) is 3.85. The van der Waals surface area contributed by atoms with Crippen molar-refractivity contribution in [1.82, 2.24) is 0 Å². The number of hydrogen-bond donors (Lipinski definition) is 1. The molecule has 17 heavy (non-hydrogen) atoms. The summed E-state index contributed by atoms with van der Waals surface area (Å²) >= 11 is 0. The number of aliphatic hydroxyl groups is 1. The van der Waals surface area contributed by atoms with Crippen molar-refractivity contribution in [1.29, 1.82) is 0 Å². The number of nitro benzene ring substituents is 1. The minimum atomic E-state index is -0.474. The Morgan fingerprint density at radius 3 is 2.65 bits per heavy atom. The molecule has 0 aliphatic rings. The molecule has 0 heterocycles. The lowest BCUT2D eigenvalue weighted by Crippen LogP contribution is -2.28. The molecule has 1 unspecified atom stereocenters. The Bertz CT molecular complexity index is 407. The fourth-order valence-electron chi connectivity index (χ4n) is 1.62. The zero-order valence-electron chi connectivity index (χ0n) is 10.4. The number of hydrogen-bond acceptors (Lipinski definition) is 4. The van der Waals surface area contributed by atoms with E-state index in [0.29, 0.717) is 11.6 Å². The molecule has 0 saturated heterocycles. The second-order valence-electron chi connectivity index (χ2n) is 4.10. The van der Waals surface area contributed by atoms with Gasteiger partial charge in [0.05, 0.1) is 17.1 Å². The summed E-state index contributed by atoms with van der Waals surface area (Å²) < 4.78 is 0. The monoisotopic (exact) mass is 238 g/mol. The van der Waals surface area contributed by atoms with E-state index in [4.69, 9.17) is 5.11 Å². The van der Waals surface area contributed by atoms with Crippen LogP contribution in [0, 0.1) is 10.1 Å². The Balaban J connectivity index is 3.09. The summed E-state index contributed by atoms with van der Waals surface area (Å²) in [7, 11) is 1.94. The zero-order valence-corrected chi connectivity index (χ0v) is 10.4. The van der Waals surface area contributed by atoms with E-state index in [0.717, 1.165) is 12.1 Å². The van der Waals surface area contributed by atoms with Crippen LogP contribution in [0.3, 0.4) is 0 Å². The second kappa shape index (κ2) is 5.63. The van der Waals surface area contributed by atoms with Crippen LogP contribution in [0.5, 0.6) is 0 Å². The molecule has 0 bridgehead atoms. The van der Waals surface area contributed by atoms with E-state index in [9.17, 15) is 10.1 Å². The van der Waals surface area contributed by atoms with Gasteiger partial charge in [-0.15, -0.1) is 0 Å². The maximum Gasteiger partial charge on any atom is 0.275 e. The van der Waals surface area contributed by atoms with Crippen molar-refractivity contribution in [3.8, 4) is 0 Å². The summed E-state index contributed by atoms with van der Waals surface area (Å²) in [4.78, 5) is 12.3. The molecule has 1 N–H and O–H groups in total. The molecule has 0 amide bonds. The van der Waals surface area contributed by atoms with Crippen molar-refractivity contribution in [2.45, 2.75) is 32.9 Å². The highest BCUT2D eigenvalue weighted by molar-refractivity contribution is 5.55. The lowest BCUT2D eigenvalue weighted by atomic mass is 10.1. The fourth-order valence-corrected chi connectivity index (χ4v) is 1.62. The van der Waals surface area contributed by atoms with Gasteiger partial charge < -0.3 is 10.0 Å². The van der Waals surface area contributed by atoms with Crippen LogP contribution in [0.2, 0.25) is 0 Å². The molecule has 0 aromatic heterocycles. The van der Waals surface area contributed by atoms with E-state index < -0.39 is 4.92 Å². The normalized spacial score (nSPS) is 12.2. The molecule has 0 spiro atoms. The minimum absolute atomic E-state index is 0.0335. The predicted octanol–water partition coefficient (Wildman–Crippen LogP) is 2.32. The number of aliphatic hydroxyl groups excluding tert-OH is 1. The van der Waals surface area contributed by atoms with E-state index in [1.807, 2.05) is 11.9 Å². The molecule has 1 rings (SSSR count). The van der Waals surface area contributed by atoms with Crippen LogP contribution in [0.1, 0.15) is 25.8 Å². The van der Waals surface area contributed by atoms with Gasteiger partial charge in [0.15, 0.2) is 0 Å². The van der Waals surface area contributed by atoms with Crippen molar-refractivity contribution in [3.05, 3.63) is 33.9 Å². The summed E-state index contributed by atoms with van der Waals surface area (Å²) in [6, 6.07) is 5.18. The SMILES string of the molecule is CCC(C)N(C)c1ccc([N+](=O)[O-])c(CO)c1. The van der Waals surface area contributed by atoms with Crippen LogP contribution in [-0.4, -0.2) is 23.1 Å². The maximum atomic E-state index is 10.7. The molecule has 0 aliphatic carbocycles. The van der Waals surface area contributed by atoms with Gasteiger partial charge in [-0.1, -0.05) is 6.92 Å². The topological polar surface area (TPSA) is 66.6 Å². The summed E-state index contributed by atoms with van der Waals surface area (Å²) in [6.07, 6.45) is 0.988. The predicted molar refractivity (Wildman–Crippen MR) is 67.2 cm³/mol. The smallest absolute Gasteiger partial charge is 0.275 e. The Kier molecular flexibility index (Phi) is 4.45. The van der Waals surface area contributed by atoms with E-state index in [1.54, 1.807) is 12.1 Å². The van der Waals surface area contributed by atoms with Gasteiger partial charge in [0.1, 0.15) is 0 Å². The highest BCUT2D eigenvalue weighted by atomic mass is 16.6. The largest absolute Gasteiger partial charge is 0.391 e. The molecular formula is C12H18N2O3. The molecule has 0 radical (unpaired) electrons. The first-order valence-electron chi connectivity index (χ1n) is 5.62. The van der Waals surface area contributed by atoms with Crippen molar-refractivity contribution in [3.63, 3.8) is 0 Å². The van der Waals surface area contributed by atoms with Crippen LogP contribution >= 0.6 is 0 Å². The van der Waals surface area contributed by atoms with E-state index in [-0.39, 0.29) is 12.3 Å². The van der Waals surface area contributed by atoms with Gasteiger partial charge >= 0.3 is 0 Å². The average molecular weight is 238 g/mol. The maximum absolute atomic E-state index is 10.7. The first-order chi connectivity index (χ1) is 8.01. The first-order valence-corrected chi connectivity index (χ1v) is 5.62. The number of nitrogens with zero attached hydrogens (tertiary/aromatic N) is 2. The third-order valence-corrected chi connectivity index (χ3v) is 3.09. The second-order valence-corrected chi connectivity index (χ2v) is 4.10. The summed E-state index contributed by atoms with van der Waals surface area (Å²) in [5.41, 5.74) is 1.20. The third kappa shape index (κ3) is 2.94. The molecule has 5 heteroatoms. The molecule has 0 saturated carbocycles. The molecule has 1 aromatic rings. The van der Waals surface area contributed by atoms with Crippen molar-refractivity contribution >= 4 is 11.4 Å². The highest BCUT2D eigenvalue weighted by Crippen LogP contribution is 2.25. The fraction of sp³-hybridized carbons (Fsp3) is 0.500. The van der Waals surface area contributed by atoms with Crippen LogP contribution < -0.4 is 4.90 Å². The Morgan fingerprint density at radius 2 is 2.18 bits per heavy atom. The van der Waals surface area contributed by atoms with Gasteiger partial charge in [0.2, 0.25) is 0 Å². The third-order valence-electron chi connectivity index (χ3n) is 3.09. The molecular weight excluding hydrogens is 220 g/mol. The molecule has 0 fully saturated rings. The van der Waals surface area contributed by atoms with Gasteiger partial charge in [0, 0.05) is 24.8 Å². The molecule has 94 valence electrons. The van der Waals surface area contributed by atoms with Crippen LogP contribution in [0.15, 0.2) is 18.2 Å². The Morgan fingerprint density at radius 1 is 1.53 bits per heavy atom. The standard InChI is InChI=1S/C12H18N2O3/c1-4-9(2)13(3)11-5-6-12(14(16)17)10(7-11)8-15/h5-7,9,15H,4,8H2,1-3H3. The van der Waals surface area contributed by atoms with Gasteiger partial charge in [-0.05, 0) is 25.5 Å². The summed E-state index contributed by atoms with van der Waals surface area (Å²) in [5, 5.41) is 19.9. The van der Waals surface area contributed by atoms with Crippen LogP contribution in [0.25, 0.3) is 0 Å². The minimum Gasteiger partial charge on any atom is -0.391 e. The van der Waals surface area contributed by atoms with Gasteiger partial charge in [-0.2, -0.15) is 0 Å². The van der Waals surface area contributed by atoms with E-state index in [1.165, 1.54) is 6.07 Å². The van der Waals surface area contributed by atoms with Crippen LogP contribution in [-0.2, 0) is 6.61 Å².